The van der Waals surface area contributed by atoms with Crippen LogP contribution in [-0.2, 0) is 0 Å². The highest BCUT2D eigenvalue weighted by Crippen LogP contribution is 2.29. The van der Waals surface area contributed by atoms with Crippen LogP contribution in [0.3, 0.4) is 0 Å². The molecule has 1 heterocycles. The molecule has 0 saturated carbocycles. The largest absolute Gasteiger partial charge is 0.378 e. The molecule has 1 amide bonds. The molecule has 0 spiro atoms. The molecule has 38 heavy (non-hydrogen) atoms. The van der Waals surface area contributed by atoms with E-state index in [0.717, 1.165) is 33.5 Å². The highest BCUT2D eigenvalue weighted by atomic mass is 35.5. The van der Waals surface area contributed by atoms with Gasteiger partial charge >= 0.3 is 0 Å². The van der Waals surface area contributed by atoms with Crippen molar-refractivity contribution in [3.8, 4) is 0 Å². The van der Waals surface area contributed by atoms with E-state index in [1.165, 1.54) is 0 Å². The highest BCUT2D eigenvalue weighted by Gasteiger charge is 2.08. The van der Waals surface area contributed by atoms with Gasteiger partial charge in [-0.3, -0.25) is 9.78 Å². The Labute approximate surface area is 233 Å². The number of anilines is 4. The number of nitrogens with two attached hydrogens (primary N) is 2. The minimum Gasteiger partial charge on any atom is -0.378 e. The number of fused-ring (bicyclic) bond motifs is 1. The van der Waals surface area contributed by atoms with Gasteiger partial charge in [0.1, 0.15) is 0 Å². The zero-order valence-corrected chi connectivity index (χ0v) is 22.8. The third-order valence-electron chi connectivity index (χ3n) is 5.54. The van der Waals surface area contributed by atoms with Gasteiger partial charge in [0, 0.05) is 54.0 Å². The Hall–Kier alpha value is -4.34. The van der Waals surface area contributed by atoms with Crippen LogP contribution in [0.2, 0.25) is 0 Å². The van der Waals surface area contributed by atoms with E-state index in [0.29, 0.717) is 17.0 Å². The van der Waals surface area contributed by atoms with Gasteiger partial charge in [-0.15, -0.1) is 29.9 Å². The number of rotatable bonds is 7. The van der Waals surface area contributed by atoms with E-state index in [2.05, 4.69) is 36.8 Å². The summed E-state index contributed by atoms with van der Waals surface area (Å²) in [5, 5.41) is 15.0. The third kappa shape index (κ3) is 7.34. The van der Waals surface area contributed by atoms with Crippen LogP contribution in [0.4, 0.5) is 22.7 Å². The predicted molar refractivity (Wildman–Crippen MR) is 163 cm³/mol. The smallest absolute Gasteiger partial charge is 0.255 e. The first-order chi connectivity index (χ1) is 17.3. The second kappa shape index (κ2) is 13.3. The number of hydrogen-bond donors (Lipinski definition) is 4. The molecule has 0 bridgehead atoms. The minimum absolute atomic E-state index is 0. The summed E-state index contributed by atoms with van der Waals surface area (Å²) in [7, 11) is 4.02. The summed E-state index contributed by atoms with van der Waals surface area (Å²) in [6, 6.07) is 22.7. The van der Waals surface area contributed by atoms with Crippen molar-refractivity contribution >= 4 is 76.0 Å². The molecular formula is C27H30Cl2N8O. The van der Waals surface area contributed by atoms with Crippen molar-refractivity contribution in [2.75, 3.05) is 29.6 Å². The number of carbonyl (C=O) groups excluding carboxylic acids is 1. The fourth-order valence-corrected chi connectivity index (χ4v) is 3.57. The zero-order chi connectivity index (χ0) is 25.7. The molecule has 3 aromatic carbocycles. The van der Waals surface area contributed by atoms with E-state index in [1.807, 2.05) is 56.6 Å². The molecular weight excluding hydrogens is 523 g/mol. The molecule has 1 aromatic heterocycles. The van der Waals surface area contributed by atoms with Crippen molar-refractivity contribution in [2.24, 2.45) is 21.7 Å². The van der Waals surface area contributed by atoms with Gasteiger partial charge in [-0.1, -0.05) is 12.1 Å². The first-order valence-corrected chi connectivity index (χ1v) is 11.3. The van der Waals surface area contributed by atoms with E-state index < -0.39 is 0 Å². The molecule has 0 atom stereocenters. The quantitative estimate of drug-likeness (QED) is 0.142. The SMILES string of the molecule is C/C(=N\N=C(N)N)c1ccc(C(=O)Nc2ccc(Nc3ccnc4ccc(N(C)C)cc34)cc2)cc1.Cl.Cl. The monoisotopic (exact) mass is 552 g/mol. The summed E-state index contributed by atoms with van der Waals surface area (Å²) < 4.78 is 0. The lowest BCUT2D eigenvalue weighted by Gasteiger charge is -2.15. The van der Waals surface area contributed by atoms with Gasteiger partial charge in [-0.05, 0) is 73.2 Å². The maximum Gasteiger partial charge on any atom is 0.255 e. The normalized spacial score (nSPS) is 10.6. The number of amides is 1. The summed E-state index contributed by atoms with van der Waals surface area (Å²) in [6.45, 7) is 1.78. The number of benzene rings is 3. The van der Waals surface area contributed by atoms with Crippen molar-refractivity contribution in [3.63, 3.8) is 0 Å². The van der Waals surface area contributed by atoms with Crippen molar-refractivity contribution in [1.82, 2.24) is 4.98 Å². The molecule has 4 aromatic rings. The van der Waals surface area contributed by atoms with Gasteiger partial charge in [-0.25, -0.2) is 0 Å². The molecule has 0 unspecified atom stereocenters. The molecule has 0 saturated heterocycles. The highest BCUT2D eigenvalue weighted by molar-refractivity contribution is 6.05. The van der Waals surface area contributed by atoms with Crippen LogP contribution in [0.25, 0.3) is 10.9 Å². The number of carbonyl (C=O) groups is 1. The van der Waals surface area contributed by atoms with E-state index in [9.17, 15) is 4.79 Å². The van der Waals surface area contributed by atoms with Gasteiger partial charge in [-0.2, -0.15) is 5.10 Å². The van der Waals surface area contributed by atoms with Crippen LogP contribution in [0, 0.1) is 0 Å². The van der Waals surface area contributed by atoms with Crippen LogP contribution < -0.4 is 27.0 Å². The molecule has 0 aliphatic heterocycles. The second-order valence-corrected chi connectivity index (χ2v) is 8.40. The topological polar surface area (TPSA) is 134 Å². The fourth-order valence-electron chi connectivity index (χ4n) is 3.57. The average Bonchev–Trinajstić information content (AvgIpc) is 2.88. The number of nitrogens with zero attached hydrogens (tertiary/aromatic N) is 4. The van der Waals surface area contributed by atoms with Gasteiger partial charge in [0.25, 0.3) is 5.91 Å². The Balaban J connectivity index is 0.00000253. The maximum atomic E-state index is 12.7. The third-order valence-corrected chi connectivity index (χ3v) is 5.54. The molecule has 0 fully saturated rings. The molecule has 0 aliphatic carbocycles. The molecule has 0 radical (unpaired) electrons. The summed E-state index contributed by atoms with van der Waals surface area (Å²) in [6.07, 6.45) is 1.79. The number of pyridine rings is 1. The predicted octanol–water partition coefficient (Wildman–Crippen LogP) is 5.14. The van der Waals surface area contributed by atoms with Crippen molar-refractivity contribution in [2.45, 2.75) is 6.92 Å². The Bertz CT molecular complexity index is 1450. The van der Waals surface area contributed by atoms with Crippen LogP contribution in [-0.4, -0.2) is 36.7 Å². The van der Waals surface area contributed by atoms with Crippen LogP contribution in [0.1, 0.15) is 22.8 Å². The number of nitrogens with one attached hydrogen (secondary N) is 2. The Morgan fingerprint density at radius 2 is 1.47 bits per heavy atom. The Kier molecular flexibility index (Phi) is 10.4. The van der Waals surface area contributed by atoms with E-state index in [-0.39, 0.29) is 36.7 Å². The second-order valence-electron chi connectivity index (χ2n) is 8.40. The lowest BCUT2D eigenvalue weighted by molar-refractivity contribution is 0.102. The average molecular weight is 553 g/mol. The Morgan fingerprint density at radius 3 is 2.11 bits per heavy atom. The lowest BCUT2D eigenvalue weighted by Crippen LogP contribution is -2.22. The van der Waals surface area contributed by atoms with Gasteiger partial charge < -0.3 is 27.0 Å². The maximum absolute atomic E-state index is 12.7. The van der Waals surface area contributed by atoms with E-state index >= 15 is 0 Å². The first-order valence-electron chi connectivity index (χ1n) is 11.3. The number of halogens is 2. The molecule has 0 aliphatic rings. The first kappa shape index (κ1) is 29.9. The van der Waals surface area contributed by atoms with Crippen LogP contribution in [0.5, 0.6) is 0 Å². The van der Waals surface area contributed by atoms with Gasteiger partial charge in [0.05, 0.1) is 11.2 Å². The molecule has 11 heteroatoms. The fraction of sp³-hybridized carbons (Fsp3) is 0.111. The summed E-state index contributed by atoms with van der Waals surface area (Å²) >= 11 is 0. The molecule has 9 nitrogen and oxygen atoms in total. The summed E-state index contributed by atoms with van der Waals surface area (Å²) in [5.74, 6) is -0.323. The standard InChI is InChI=1S/C27H28N8O.2ClH/c1-17(33-34-27(28)29)18-4-6-19(7-5-18)26(36)32-21-10-8-20(9-11-21)31-25-14-15-30-24-13-12-22(35(2)3)16-23(24)25;;/h4-16H,1-3H3,(H,30,31)(H,32,36)(H4,28,29,34);2*1H/b33-17+;;. The van der Waals surface area contributed by atoms with Crippen molar-refractivity contribution < 1.29 is 4.79 Å². The van der Waals surface area contributed by atoms with E-state index in [4.69, 9.17) is 11.5 Å². The number of aromatic nitrogens is 1. The van der Waals surface area contributed by atoms with Crippen molar-refractivity contribution in [1.29, 1.82) is 0 Å². The van der Waals surface area contributed by atoms with Crippen LogP contribution >= 0.6 is 24.8 Å². The minimum atomic E-state index is -0.211. The van der Waals surface area contributed by atoms with E-state index in [1.54, 1.807) is 37.4 Å². The number of guanidine groups is 1. The van der Waals surface area contributed by atoms with Gasteiger partial charge in [0.2, 0.25) is 5.96 Å². The number of hydrogen-bond acceptors (Lipinski definition) is 6. The molecule has 6 N–H and O–H groups in total. The zero-order valence-electron chi connectivity index (χ0n) is 21.2. The van der Waals surface area contributed by atoms with Crippen LogP contribution in [0.15, 0.2) is 89.2 Å². The van der Waals surface area contributed by atoms with Crippen molar-refractivity contribution in [3.05, 3.63) is 90.1 Å². The summed E-state index contributed by atoms with van der Waals surface area (Å²) in [4.78, 5) is 19.2. The molecule has 4 rings (SSSR count). The van der Waals surface area contributed by atoms with Gasteiger partial charge in [0.15, 0.2) is 0 Å². The lowest BCUT2D eigenvalue weighted by atomic mass is 10.1. The Morgan fingerprint density at radius 1 is 0.842 bits per heavy atom. The summed E-state index contributed by atoms with van der Waals surface area (Å²) in [5.41, 5.74) is 17.1. The molecule has 198 valence electrons.